The van der Waals surface area contributed by atoms with Crippen molar-refractivity contribution in [2.24, 2.45) is 5.10 Å². The van der Waals surface area contributed by atoms with Crippen LogP contribution in [0.15, 0.2) is 43.1 Å². The first-order valence-corrected chi connectivity index (χ1v) is 13.3. The maximum absolute atomic E-state index is 13.4. The second kappa shape index (κ2) is 11.7. The number of nitrogens with zero attached hydrogens (tertiary/aromatic N) is 3. The monoisotopic (exact) mass is 611 g/mol. The zero-order valence-corrected chi connectivity index (χ0v) is 23.8. The summed E-state index contributed by atoms with van der Waals surface area (Å²) in [6.45, 7) is 10.4. The first-order valence-electron chi connectivity index (χ1n) is 11.3. The summed E-state index contributed by atoms with van der Waals surface area (Å²) in [7, 11) is 0. The molecule has 2 aromatic carbocycles. The molecule has 34 heavy (non-hydrogen) atoms. The molecule has 2 atom stereocenters. The molecule has 0 saturated carbocycles. The summed E-state index contributed by atoms with van der Waals surface area (Å²) in [6.07, 6.45) is 3.21. The van der Waals surface area contributed by atoms with Gasteiger partial charge in [0.05, 0.1) is 29.8 Å². The van der Waals surface area contributed by atoms with Crippen molar-refractivity contribution < 1.29 is 9.47 Å². The fourth-order valence-corrected chi connectivity index (χ4v) is 4.26. The Morgan fingerprint density at radius 3 is 2.56 bits per heavy atom. The van der Waals surface area contributed by atoms with Crippen LogP contribution in [0.25, 0.3) is 10.9 Å². The summed E-state index contributed by atoms with van der Waals surface area (Å²) in [4.78, 5) is 18.1. The van der Waals surface area contributed by atoms with E-state index in [1.807, 2.05) is 39.8 Å². The van der Waals surface area contributed by atoms with Crippen LogP contribution in [-0.4, -0.2) is 28.6 Å². The van der Waals surface area contributed by atoms with Gasteiger partial charge in [0, 0.05) is 20.4 Å². The van der Waals surface area contributed by atoms with E-state index < -0.39 is 0 Å². The zero-order chi connectivity index (χ0) is 25.0. The number of fused-ring (bicyclic) bond motifs is 1. The molecule has 1 heterocycles. The van der Waals surface area contributed by atoms with Crippen LogP contribution in [0.1, 0.15) is 64.8 Å². The van der Waals surface area contributed by atoms with Crippen molar-refractivity contribution in [1.82, 2.24) is 9.66 Å². The highest BCUT2D eigenvalue weighted by molar-refractivity contribution is 9.10. The Balaban J connectivity index is 2.17. The molecule has 0 fully saturated rings. The molecule has 1 aromatic heterocycles. The molecule has 0 unspecified atom stereocenters. The molecule has 3 rings (SSSR count). The SMILES string of the molecule is CCOc1cc(C=Nn2c([C@@H](C)CC)nc3ccc(Br)cc3c2=O)c(Br)c(Cl)c1O[C@@H](C)CC. The van der Waals surface area contributed by atoms with E-state index in [1.165, 1.54) is 4.68 Å². The highest BCUT2D eigenvalue weighted by atomic mass is 79.9. The first-order chi connectivity index (χ1) is 16.2. The van der Waals surface area contributed by atoms with E-state index in [4.69, 9.17) is 26.1 Å². The topological polar surface area (TPSA) is 65.7 Å². The Morgan fingerprint density at radius 2 is 1.91 bits per heavy atom. The molecule has 0 N–H and O–H groups in total. The summed E-state index contributed by atoms with van der Waals surface area (Å²) in [5.74, 6) is 1.64. The van der Waals surface area contributed by atoms with Gasteiger partial charge < -0.3 is 9.47 Å². The average Bonchev–Trinajstić information content (AvgIpc) is 2.83. The van der Waals surface area contributed by atoms with Crippen LogP contribution in [0.2, 0.25) is 5.02 Å². The summed E-state index contributed by atoms with van der Waals surface area (Å²) >= 11 is 13.7. The molecule has 0 radical (unpaired) electrons. The lowest BCUT2D eigenvalue weighted by molar-refractivity contribution is 0.203. The predicted octanol–water partition coefficient (Wildman–Crippen LogP) is 7.55. The standard InChI is InChI=1S/C25H28Br2ClN3O3/c1-6-14(4)24-30-19-10-9-17(26)12-18(19)25(32)31(24)29-13-16-11-20(33-8-3)23(22(28)21(16)27)34-15(5)7-2/h9-15H,6-8H2,1-5H3/t14-,15-/m0/s1. The van der Waals surface area contributed by atoms with Gasteiger partial charge in [-0.25, -0.2) is 4.98 Å². The first kappa shape index (κ1) is 26.7. The van der Waals surface area contributed by atoms with E-state index in [0.29, 0.717) is 49.9 Å². The second-order valence-corrected chi connectivity index (χ2v) is 10.1. The van der Waals surface area contributed by atoms with Crippen molar-refractivity contribution in [1.29, 1.82) is 0 Å². The Morgan fingerprint density at radius 1 is 1.18 bits per heavy atom. The highest BCUT2D eigenvalue weighted by Crippen LogP contribution is 2.43. The number of aromatic nitrogens is 2. The van der Waals surface area contributed by atoms with E-state index in [2.05, 4.69) is 43.9 Å². The smallest absolute Gasteiger partial charge is 0.282 e. The van der Waals surface area contributed by atoms with Crippen LogP contribution in [0.3, 0.4) is 0 Å². The lowest BCUT2D eigenvalue weighted by Gasteiger charge is -2.19. The minimum Gasteiger partial charge on any atom is -0.490 e. The molecular formula is C25H28Br2ClN3O3. The fraction of sp³-hybridized carbons (Fsp3) is 0.400. The van der Waals surface area contributed by atoms with Gasteiger partial charge in [-0.2, -0.15) is 9.78 Å². The molecular weight excluding hydrogens is 586 g/mol. The molecule has 0 aliphatic heterocycles. The Labute approximate surface area is 221 Å². The molecule has 3 aromatic rings. The van der Waals surface area contributed by atoms with E-state index >= 15 is 0 Å². The van der Waals surface area contributed by atoms with Crippen molar-refractivity contribution >= 4 is 60.6 Å². The van der Waals surface area contributed by atoms with Gasteiger partial charge in [0.25, 0.3) is 5.56 Å². The quantitative estimate of drug-likeness (QED) is 0.234. The fourth-order valence-electron chi connectivity index (χ4n) is 3.25. The molecule has 0 aliphatic rings. The normalized spacial score (nSPS) is 13.4. The van der Waals surface area contributed by atoms with Gasteiger partial charge in [0.2, 0.25) is 0 Å². The van der Waals surface area contributed by atoms with E-state index in [9.17, 15) is 4.79 Å². The second-order valence-electron chi connectivity index (χ2n) is 7.99. The molecule has 0 saturated heterocycles. The minimum absolute atomic E-state index is 0.0252. The molecule has 0 aliphatic carbocycles. The summed E-state index contributed by atoms with van der Waals surface area (Å²) in [5.41, 5.74) is 1.06. The third-order valence-corrected chi connectivity index (χ3v) is 7.48. The molecule has 182 valence electrons. The van der Waals surface area contributed by atoms with Crippen molar-refractivity contribution in [3.8, 4) is 11.5 Å². The van der Waals surface area contributed by atoms with Crippen LogP contribution in [-0.2, 0) is 0 Å². The number of hydrogen-bond donors (Lipinski definition) is 0. The third kappa shape index (κ3) is 5.66. The van der Waals surface area contributed by atoms with Gasteiger partial charge in [-0.15, -0.1) is 0 Å². The van der Waals surface area contributed by atoms with Crippen molar-refractivity contribution in [3.05, 3.63) is 60.0 Å². The minimum atomic E-state index is -0.234. The molecule has 0 bridgehead atoms. The number of rotatable bonds is 9. The van der Waals surface area contributed by atoms with Crippen LogP contribution in [0.4, 0.5) is 0 Å². The van der Waals surface area contributed by atoms with Gasteiger partial charge in [0.1, 0.15) is 10.8 Å². The lowest BCUT2D eigenvalue weighted by Crippen LogP contribution is -2.23. The lowest BCUT2D eigenvalue weighted by atomic mass is 10.1. The van der Waals surface area contributed by atoms with Crippen LogP contribution >= 0.6 is 43.5 Å². The average molecular weight is 614 g/mol. The van der Waals surface area contributed by atoms with E-state index in [0.717, 1.165) is 17.3 Å². The van der Waals surface area contributed by atoms with Crippen LogP contribution in [0.5, 0.6) is 11.5 Å². The predicted molar refractivity (Wildman–Crippen MR) is 146 cm³/mol. The van der Waals surface area contributed by atoms with Gasteiger partial charge in [-0.05, 0) is 66.9 Å². The highest BCUT2D eigenvalue weighted by Gasteiger charge is 2.20. The number of halogens is 3. The summed E-state index contributed by atoms with van der Waals surface area (Å²) in [5, 5.41) is 5.43. The number of ether oxygens (including phenoxy) is 2. The number of hydrogen-bond acceptors (Lipinski definition) is 5. The molecule has 0 spiro atoms. The molecule has 6 nitrogen and oxygen atoms in total. The van der Waals surface area contributed by atoms with Crippen molar-refractivity contribution in [3.63, 3.8) is 0 Å². The van der Waals surface area contributed by atoms with Gasteiger partial charge in [-0.1, -0.05) is 48.3 Å². The largest absolute Gasteiger partial charge is 0.490 e. The Bertz CT molecular complexity index is 1280. The molecule has 0 amide bonds. The van der Waals surface area contributed by atoms with Crippen molar-refractivity contribution in [2.75, 3.05) is 6.61 Å². The third-order valence-electron chi connectivity index (χ3n) is 5.55. The van der Waals surface area contributed by atoms with Crippen LogP contribution in [0, 0.1) is 0 Å². The van der Waals surface area contributed by atoms with E-state index in [1.54, 1.807) is 18.3 Å². The van der Waals surface area contributed by atoms with Crippen molar-refractivity contribution in [2.45, 2.75) is 59.5 Å². The maximum atomic E-state index is 13.4. The van der Waals surface area contributed by atoms with Gasteiger partial charge in [0.15, 0.2) is 11.5 Å². The summed E-state index contributed by atoms with van der Waals surface area (Å²) < 4.78 is 14.6. The zero-order valence-electron chi connectivity index (χ0n) is 19.9. The van der Waals surface area contributed by atoms with Crippen LogP contribution < -0.4 is 15.0 Å². The Kier molecular flexibility index (Phi) is 9.18. The van der Waals surface area contributed by atoms with Gasteiger partial charge in [-0.3, -0.25) is 4.79 Å². The van der Waals surface area contributed by atoms with Gasteiger partial charge >= 0.3 is 0 Å². The maximum Gasteiger partial charge on any atom is 0.282 e. The number of benzene rings is 2. The molecule has 9 heteroatoms. The summed E-state index contributed by atoms with van der Waals surface area (Å²) in [6, 6.07) is 7.28. The van der Waals surface area contributed by atoms with E-state index in [-0.39, 0.29) is 17.6 Å². The Hall–Kier alpha value is -1.90.